The van der Waals surface area contributed by atoms with E-state index in [0.29, 0.717) is 5.02 Å². The van der Waals surface area contributed by atoms with Gasteiger partial charge in [-0.25, -0.2) is 4.98 Å². The molecule has 26 heavy (non-hydrogen) atoms. The summed E-state index contributed by atoms with van der Waals surface area (Å²) >= 11 is 6.21. The van der Waals surface area contributed by atoms with E-state index in [1.54, 1.807) is 0 Å². The summed E-state index contributed by atoms with van der Waals surface area (Å²) < 4.78 is 0. The minimum Gasteiger partial charge on any atom is -0.300 e. The predicted octanol–water partition coefficient (Wildman–Crippen LogP) is 5.31. The summed E-state index contributed by atoms with van der Waals surface area (Å²) in [5, 5.41) is 1.76. The van der Waals surface area contributed by atoms with Crippen LogP contribution < -0.4 is 10.9 Å². The Morgan fingerprint density at radius 2 is 1.65 bits per heavy atom. The molecular weight excluding hydrogens is 344 g/mol. The molecule has 2 aromatic heterocycles. The highest BCUT2D eigenvalue weighted by molar-refractivity contribution is 6.31. The molecule has 4 nitrogen and oxygen atoms in total. The van der Waals surface area contributed by atoms with E-state index in [0.717, 1.165) is 34.4 Å². The second kappa shape index (κ2) is 7.42. The van der Waals surface area contributed by atoms with Crippen LogP contribution in [0.2, 0.25) is 5.02 Å². The fourth-order valence-electron chi connectivity index (χ4n) is 2.86. The number of benzene rings is 2. The third-order valence-corrected chi connectivity index (χ3v) is 4.34. The molecule has 0 radical (unpaired) electrons. The minimum atomic E-state index is 0.707. The summed E-state index contributed by atoms with van der Waals surface area (Å²) in [4.78, 5) is 8.78. The van der Waals surface area contributed by atoms with Crippen LogP contribution in [0.1, 0.15) is 11.1 Å². The molecule has 5 heteroatoms. The van der Waals surface area contributed by atoms with Gasteiger partial charge in [0.05, 0.1) is 11.2 Å². The van der Waals surface area contributed by atoms with Gasteiger partial charge in [0, 0.05) is 22.8 Å². The molecule has 0 amide bonds. The average molecular weight is 361 g/mol. The van der Waals surface area contributed by atoms with Crippen molar-refractivity contribution in [3.8, 4) is 0 Å². The standard InChI is InChI=1S/C21H17ClN4/c22-17-6-7-20-19(14-17)16(12-15-8-10-23-11-9-15)13-21(24-20)26-25-18-4-2-1-3-5-18/h1-11,13-14,25H,12H2,(H,24,26). The smallest absolute Gasteiger partial charge is 0.145 e. The first kappa shape index (κ1) is 16.4. The molecule has 2 N–H and O–H groups in total. The summed E-state index contributed by atoms with van der Waals surface area (Å²) in [6.45, 7) is 0. The molecule has 0 saturated heterocycles. The van der Waals surface area contributed by atoms with Crippen LogP contribution in [-0.2, 0) is 6.42 Å². The Morgan fingerprint density at radius 3 is 2.46 bits per heavy atom. The molecule has 4 aromatic rings. The van der Waals surface area contributed by atoms with Crippen molar-refractivity contribution in [3.05, 3.63) is 95.3 Å². The van der Waals surface area contributed by atoms with Gasteiger partial charge in [-0.3, -0.25) is 15.8 Å². The maximum atomic E-state index is 6.21. The Hall–Kier alpha value is -3.11. The van der Waals surface area contributed by atoms with Crippen LogP contribution in [0.15, 0.2) is 79.1 Å². The normalized spacial score (nSPS) is 10.7. The first-order valence-electron chi connectivity index (χ1n) is 8.33. The van der Waals surface area contributed by atoms with Gasteiger partial charge >= 0.3 is 0 Å². The number of anilines is 2. The molecule has 128 valence electrons. The highest BCUT2D eigenvalue weighted by atomic mass is 35.5. The van der Waals surface area contributed by atoms with Crippen molar-refractivity contribution in [2.75, 3.05) is 10.9 Å². The molecule has 0 aliphatic carbocycles. The van der Waals surface area contributed by atoms with E-state index in [1.807, 2.05) is 73.1 Å². The van der Waals surface area contributed by atoms with Crippen LogP contribution in [0.3, 0.4) is 0 Å². The van der Waals surface area contributed by atoms with Gasteiger partial charge < -0.3 is 0 Å². The number of fused-ring (bicyclic) bond motifs is 1. The topological polar surface area (TPSA) is 49.8 Å². The van der Waals surface area contributed by atoms with E-state index in [-0.39, 0.29) is 0 Å². The Bertz CT molecular complexity index is 1020. The van der Waals surface area contributed by atoms with Crippen LogP contribution in [0.4, 0.5) is 11.5 Å². The number of nitrogens with zero attached hydrogens (tertiary/aromatic N) is 2. The lowest BCUT2D eigenvalue weighted by Crippen LogP contribution is -2.10. The largest absolute Gasteiger partial charge is 0.300 e. The lowest BCUT2D eigenvalue weighted by atomic mass is 10.0. The van der Waals surface area contributed by atoms with E-state index in [1.165, 1.54) is 5.56 Å². The number of nitrogens with one attached hydrogen (secondary N) is 2. The highest BCUT2D eigenvalue weighted by Crippen LogP contribution is 2.26. The van der Waals surface area contributed by atoms with E-state index >= 15 is 0 Å². The fraction of sp³-hybridized carbons (Fsp3) is 0.0476. The fourth-order valence-corrected chi connectivity index (χ4v) is 3.03. The number of hydrogen-bond donors (Lipinski definition) is 2. The van der Waals surface area contributed by atoms with Crippen molar-refractivity contribution in [2.45, 2.75) is 6.42 Å². The Morgan fingerprint density at radius 1 is 0.846 bits per heavy atom. The lowest BCUT2D eigenvalue weighted by molar-refractivity contribution is 1.16. The van der Waals surface area contributed by atoms with E-state index in [4.69, 9.17) is 11.6 Å². The molecule has 0 unspecified atom stereocenters. The van der Waals surface area contributed by atoms with Crippen molar-refractivity contribution in [3.63, 3.8) is 0 Å². The highest BCUT2D eigenvalue weighted by Gasteiger charge is 2.08. The van der Waals surface area contributed by atoms with Gasteiger partial charge in [-0.05, 0) is 66.1 Å². The van der Waals surface area contributed by atoms with Gasteiger partial charge in [-0.2, -0.15) is 0 Å². The number of para-hydroxylation sites is 1. The first-order chi connectivity index (χ1) is 12.8. The van der Waals surface area contributed by atoms with Crippen molar-refractivity contribution < 1.29 is 0 Å². The van der Waals surface area contributed by atoms with Crippen LogP contribution in [0, 0.1) is 0 Å². The molecule has 2 heterocycles. The summed E-state index contributed by atoms with van der Waals surface area (Å²) in [6.07, 6.45) is 4.39. The third-order valence-electron chi connectivity index (χ3n) is 4.11. The summed E-state index contributed by atoms with van der Waals surface area (Å²) in [5.74, 6) is 0.757. The molecule has 0 spiro atoms. The van der Waals surface area contributed by atoms with Crippen LogP contribution in [0.25, 0.3) is 10.9 Å². The van der Waals surface area contributed by atoms with Crippen LogP contribution in [-0.4, -0.2) is 9.97 Å². The minimum absolute atomic E-state index is 0.707. The van der Waals surface area contributed by atoms with Crippen LogP contribution in [0.5, 0.6) is 0 Å². The number of pyridine rings is 2. The first-order valence-corrected chi connectivity index (χ1v) is 8.71. The number of rotatable bonds is 5. The SMILES string of the molecule is Clc1ccc2nc(NNc3ccccc3)cc(Cc3ccncc3)c2c1. The number of halogens is 1. The Labute approximate surface area is 156 Å². The molecule has 0 saturated carbocycles. The number of hydrogen-bond acceptors (Lipinski definition) is 4. The van der Waals surface area contributed by atoms with Gasteiger partial charge in [0.25, 0.3) is 0 Å². The zero-order chi connectivity index (χ0) is 17.8. The van der Waals surface area contributed by atoms with E-state index in [2.05, 4.69) is 26.9 Å². The molecule has 0 aliphatic heterocycles. The van der Waals surface area contributed by atoms with E-state index < -0.39 is 0 Å². The Balaban J connectivity index is 1.69. The lowest BCUT2D eigenvalue weighted by Gasteiger charge is -2.13. The van der Waals surface area contributed by atoms with Crippen molar-refractivity contribution in [1.29, 1.82) is 0 Å². The third kappa shape index (κ3) is 3.76. The van der Waals surface area contributed by atoms with Gasteiger partial charge in [0.2, 0.25) is 0 Å². The van der Waals surface area contributed by atoms with Crippen LogP contribution >= 0.6 is 11.6 Å². The van der Waals surface area contributed by atoms with Gasteiger partial charge in [0.1, 0.15) is 5.82 Å². The summed E-state index contributed by atoms with van der Waals surface area (Å²) in [7, 11) is 0. The summed E-state index contributed by atoms with van der Waals surface area (Å²) in [5.41, 5.74) is 10.6. The maximum absolute atomic E-state index is 6.21. The number of aromatic nitrogens is 2. The van der Waals surface area contributed by atoms with Crippen molar-refractivity contribution in [1.82, 2.24) is 9.97 Å². The average Bonchev–Trinajstić information content (AvgIpc) is 2.68. The molecule has 0 aliphatic rings. The Kier molecular flexibility index (Phi) is 4.67. The molecular formula is C21H17ClN4. The van der Waals surface area contributed by atoms with Crippen molar-refractivity contribution >= 4 is 34.0 Å². The second-order valence-corrected chi connectivity index (χ2v) is 6.41. The monoisotopic (exact) mass is 360 g/mol. The summed E-state index contributed by atoms with van der Waals surface area (Å²) in [6, 6.07) is 21.8. The maximum Gasteiger partial charge on any atom is 0.145 e. The molecule has 2 aromatic carbocycles. The molecule has 4 rings (SSSR count). The molecule has 0 fully saturated rings. The van der Waals surface area contributed by atoms with Gasteiger partial charge in [-0.1, -0.05) is 29.8 Å². The molecule has 0 atom stereocenters. The second-order valence-electron chi connectivity index (χ2n) is 5.98. The number of hydrazine groups is 1. The zero-order valence-electron chi connectivity index (χ0n) is 14.0. The van der Waals surface area contributed by atoms with Gasteiger partial charge in [-0.15, -0.1) is 0 Å². The predicted molar refractivity (Wildman–Crippen MR) is 107 cm³/mol. The quantitative estimate of drug-likeness (QED) is 0.473. The zero-order valence-corrected chi connectivity index (χ0v) is 14.7. The molecule has 0 bridgehead atoms. The van der Waals surface area contributed by atoms with E-state index in [9.17, 15) is 0 Å². The van der Waals surface area contributed by atoms with Crippen molar-refractivity contribution in [2.24, 2.45) is 0 Å². The van der Waals surface area contributed by atoms with Gasteiger partial charge in [0.15, 0.2) is 0 Å².